The van der Waals surface area contributed by atoms with Crippen LogP contribution in [0.1, 0.15) is 39.7 Å². The van der Waals surface area contributed by atoms with E-state index in [2.05, 4.69) is 16.5 Å². The van der Waals surface area contributed by atoms with E-state index >= 15 is 0 Å². The van der Waals surface area contributed by atoms with Gasteiger partial charge in [-0.3, -0.25) is 9.59 Å². The number of rotatable bonds is 6. The average molecular weight is 391 g/mol. The number of benzene rings is 2. The van der Waals surface area contributed by atoms with E-state index in [4.69, 9.17) is 4.74 Å². The van der Waals surface area contributed by atoms with Crippen LogP contribution in [0.15, 0.2) is 42.5 Å². The van der Waals surface area contributed by atoms with Crippen molar-refractivity contribution >= 4 is 17.5 Å². The molecule has 1 amide bonds. The molecule has 0 saturated heterocycles. The lowest BCUT2D eigenvalue weighted by atomic mass is 10.0. The Morgan fingerprint density at radius 3 is 2.34 bits per heavy atom. The molecule has 0 aliphatic rings. The van der Waals surface area contributed by atoms with E-state index in [1.807, 2.05) is 39.0 Å². The number of ketones is 1. The summed E-state index contributed by atoms with van der Waals surface area (Å²) in [7, 11) is 1.54. The van der Waals surface area contributed by atoms with Gasteiger partial charge in [0.1, 0.15) is 11.6 Å². The summed E-state index contributed by atoms with van der Waals surface area (Å²) in [6.07, 6.45) is 0.0847. The van der Waals surface area contributed by atoms with Gasteiger partial charge in [-0.15, -0.1) is 0 Å². The van der Waals surface area contributed by atoms with Gasteiger partial charge < -0.3 is 10.1 Å². The summed E-state index contributed by atoms with van der Waals surface area (Å²) in [5.74, 6) is 0.899. The Morgan fingerprint density at radius 1 is 1.03 bits per heavy atom. The van der Waals surface area contributed by atoms with Gasteiger partial charge in [0.05, 0.1) is 24.9 Å². The summed E-state index contributed by atoms with van der Waals surface area (Å²) in [5, 5.41) is 7.47. The number of amides is 1. The van der Waals surface area contributed by atoms with E-state index in [9.17, 15) is 9.59 Å². The van der Waals surface area contributed by atoms with Gasteiger partial charge in [-0.1, -0.05) is 6.07 Å². The van der Waals surface area contributed by atoms with Crippen LogP contribution in [0.2, 0.25) is 0 Å². The third kappa shape index (κ3) is 4.71. The molecule has 0 aliphatic carbocycles. The molecule has 29 heavy (non-hydrogen) atoms. The molecule has 1 N–H and O–H groups in total. The number of Topliss-reactive ketones (excluding diaryl/α,β-unsaturated/α-hetero) is 1. The number of hydrogen-bond donors (Lipinski definition) is 1. The van der Waals surface area contributed by atoms with Crippen LogP contribution in [0.5, 0.6) is 5.75 Å². The zero-order chi connectivity index (χ0) is 21.1. The molecule has 0 saturated carbocycles. The highest BCUT2D eigenvalue weighted by atomic mass is 16.5. The monoisotopic (exact) mass is 391 g/mol. The first-order valence-electron chi connectivity index (χ1n) is 9.40. The normalized spacial score (nSPS) is 10.7. The van der Waals surface area contributed by atoms with E-state index < -0.39 is 0 Å². The third-order valence-electron chi connectivity index (χ3n) is 4.59. The lowest BCUT2D eigenvalue weighted by Crippen LogP contribution is -2.18. The second kappa shape index (κ2) is 8.31. The lowest BCUT2D eigenvalue weighted by molar-refractivity contribution is -0.115. The number of carbonyl (C=O) groups is 2. The summed E-state index contributed by atoms with van der Waals surface area (Å²) in [5.41, 5.74) is 5.14. The number of aryl methyl sites for hydroxylation is 3. The zero-order valence-electron chi connectivity index (χ0n) is 17.4. The molecule has 3 rings (SSSR count). The van der Waals surface area contributed by atoms with Gasteiger partial charge in [0.25, 0.3) is 0 Å². The maximum Gasteiger partial charge on any atom is 0.230 e. The average Bonchev–Trinajstić information content (AvgIpc) is 3.00. The minimum Gasteiger partial charge on any atom is -0.496 e. The van der Waals surface area contributed by atoms with E-state index in [-0.39, 0.29) is 18.1 Å². The lowest BCUT2D eigenvalue weighted by Gasteiger charge is -2.12. The summed E-state index contributed by atoms with van der Waals surface area (Å²) < 4.78 is 7.08. The van der Waals surface area contributed by atoms with Crippen LogP contribution >= 0.6 is 0 Å². The highest BCUT2D eigenvalue weighted by Gasteiger charge is 2.15. The molecule has 0 fully saturated rings. The molecule has 0 bridgehead atoms. The molecule has 150 valence electrons. The van der Waals surface area contributed by atoms with Crippen molar-refractivity contribution in [2.75, 3.05) is 12.4 Å². The summed E-state index contributed by atoms with van der Waals surface area (Å²) >= 11 is 0. The Kier molecular flexibility index (Phi) is 5.82. The molecular formula is C23H25N3O3. The van der Waals surface area contributed by atoms with E-state index in [0.717, 1.165) is 22.5 Å². The van der Waals surface area contributed by atoms with Crippen molar-refractivity contribution in [3.8, 4) is 11.4 Å². The fraction of sp³-hybridized carbons (Fsp3) is 0.261. The minimum absolute atomic E-state index is 0.0576. The Hall–Kier alpha value is -3.41. The first-order valence-corrected chi connectivity index (χ1v) is 9.40. The number of nitrogens with one attached hydrogen (secondary N) is 1. The molecule has 0 atom stereocenters. The van der Waals surface area contributed by atoms with Gasteiger partial charge in [-0.05, 0) is 69.2 Å². The quantitative estimate of drug-likeness (QED) is 0.640. The van der Waals surface area contributed by atoms with Gasteiger partial charge in [0.15, 0.2) is 5.78 Å². The molecule has 0 spiro atoms. The van der Waals surface area contributed by atoms with Crippen LogP contribution in [0.25, 0.3) is 5.69 Å². The fourth-order valence-corrected chi connectivity index (χ4v) is 3.35. The number of aromatic nitrogens is 2. The van der Waals surface area contributed by atoms with Gasteiger partial charge >= 0.3 is 0 Å². The van der Waals surface area contributed by atoms with Crippen molar-refractivity contribution < 1.29 is 14.3 Å². The molecule has 1 aromatic heterocycles. The molecular weight excluding hydrogens is 366 g/mol. The standard InChI is InChI=1S/C23H25N3O3/c1-14-8-15(2)10-20(9-14)26-22(11-16(3)25-26)24-23(28)13-19-12-18(17(4)27)6-7-21(19)29-5/h6-12H,13H2,1-5H3,(H,24,28). The van der Waals surface area contributed by atoms with Crippen LogP contribution in [-0.2, 0) is 11.2 Å². The van der Waals surface area contributed by atoms with Crippen molar-refractivity contribution in [2.45, 2.75) is 34.1 Å². The largest absolute Gasteiger partial charge is 0.496 e. The molecule has 6 nitrogen and oxygen atoms in total. The summed E-state index contributed by atoms with van der Waals surface area (Å²) in [6, 6.07) is 13.1. The number of carbonyl (C=O) groups excluding carboxylic acids is 2. The Labute approximate surface area is 170 Å². The Bertz CT molecular complexity index is 1060. The topological polar surface area (TPSA) is 73.2 Å². The zero-order valence-corrected chi connectivity index (χ0v) is 17.4. The Morgan fingerprint density at radius 2 is 1.72 bits per heavy atom. The van der Waals surface area contributed by atoms with Crippen molar-refractivity contribution in [1.29, 1.82) is 0 Å². The smallest absolute Gasteiger partial charge is 0.230 e. The molecule has 1 heterocycles. The maximum absolute atomic E-state index is 12.8. The van der Waals surface area contributed by atoms with Crippen LogP contribution in [0.3, 0.4) is 0 Å². The number of hydrogen-bond acceptors (Lipinski definition) is 4. The third-order valence-corrected chi connectivity index (χ3v) is 4.59. The number of anilines is 1. The summed E-state index contributed by atoms with van der Waals surface area (Å²) in [4.78, 5) is 24.4. The van der Waals surface area contributed by atoms with Gasteiger partial charge in [0, 0.05) is 17.2 Å². The maximum atomic E-state index is 12.8. The van der Waals surface area contributed by atoms with Crippen LogP contribution in [0.4, 0.5) is 5.82 Å². The number of nitrogens with zero attached hydrogens (tertiary/aromatic N) is 2. The van der Waals surface area contributed by atoms with E-state index in [0.29, 0.717) is 22.7 Å². The Balaban J connectivity index is 1.87. The van der Waals surface area contributed by atoms with E-state index in [1.165, 1.54) is 6.92 Å². The highest BCUT2D eigenvalue weighted by Crippen LogP contribution is 2.23. The first kappa shape index (κ1) is 20.3. The fourth-order valence-electron chi connectivity index (χ4n) is 3.35. The molecule has 0 unspecified atom stereocenters. The predicted molar refractivity (Wildman–Crippen MR) is 113 cm³/mol. The number of methoxy groups -OCH3 is 1. The molecule has 2 aromatic carbocycles. The predicted octanol–water partition coefficient (Wildman–Crippen LogP) is 4.19. The van der Waals surface area contributed by atoms with Crippen molar-refractivity contribution in [1.82, 2.24) is 9.78 Å². The molecule has 0 radical (unpaired) electrons. The van der Waals surface area contributed by atoms with Gasteiger partial charge in [-0.2, -0.15) is 5.10 Å². The summed E-state index contributed by atoms with van der Waals surface area (Å²) in [6.45, 7) is 7.43. The van der Waals surface area contributed by atoms with E-state index in [1.54, 1.807) is 30.0 Å². The van der Waals surface area contributed by atoms with Crippen molar-refractivity contribution in [3.05, 3.63) is 70.4 Å². The highest BCUT2D eigenvalue weighted by molar-refractivity contribution is 5.96. The minimum atomic E-state index is -0.213. The molecule has 3 aromatic rings. The van der Waals surface area contributed by atoms with Gasteiger partial charge in [-0.25, -0.2) is 4.68 Å². The first-order chi connectivity index (χ1) is 13.8. The molecule has 6 heteroatoms. The van der Waals surface area contributed by atoms with Gasteiger partial charge in [0.2, 0.25) is 5.91 Å². The van der Waals surface area contributed by atoms with Crippen LogP contribution in [-0.4, -0.2) is 28.6 Å². The van der Waals surface area contributed by atoms with Crippen LogP contribution in [0, 0.1) is 20.8 Å². The van der Waals surface area contributed by atoms with Crippen molar-refractivity contribution in [2.24, 2.45) is 0 Å². The van der Waals surface area contributed by atoms with Crippen molar-refractivity contribution in [3.63, 3.8) is 0 Å². The molecule has 0 aliphatic heterocycles. The second-order valence-corrected chi connectivity index (χ2v) is 7.24. The second-order valence-electron chi connectivity index (χ2n) is 7.24. The SMILES string of the molecule is COc1ccc(C(C)=O)cc1CC(=O)Nc1cc(C)nn1-c1cc(C)cc(C)c1. The van der Waals surface area contributed by atoms with Crippen LogP contribution < -0.4 is 10.1 Å². The number of ether oxygens (including phenoxy) is 1.